The zero-order valence-corrected chi connectivity index (χ0v) is 18.2. The van der Waals surface area contributed by atoms with E-state index in [4.69, 9.17) is 4.74 Å². The number of alkyl halides is 3. The average Bonchev–Trinajstić information content (AvgIpc) is 3.20. The lowest BCUT2D eigenvalue weighted by molar-refractivity contribution is -0.137. The predicted molar refractivity (Wildman–Crippen MR) is 122 cm³/mol. The first-order valence-corrected chi connectivity index (χ1v) is 11.0. The van der Waals surface area contributed by atoms with E-state index in [-0.39, 0.29) is 22.9 Å². The molecule has 1 fully saturated rings. The smallest absolute Gasteiger partial charge is 0.416 e. The zero-order valence-electron chi connectivity index (χ0n) is 17.4. The highest BCUT2D eigenvalue weighted by molar-refractivity contribution is 8.00. The van der Waals surface area contributed by atoms with Crippen LogP contribution in [0.2, 0.25) is 0 Å². The highest BCUT2D eigenvalue weighted by Gasteiger charge is 2.35. The summed E-state index contributed by atoms with van der Waals surface area (Å²) >= 11 is 1.39. The van der Waals surface area contributed by atoms with E-state index in [1.165, 1.54) is 28.8 Å². The number of halogens is 3. The number of methoxy groups -OCH3 is 1. The molecule has 1 N–H and O–H groups in total. The number of rotatable bonds is 5. The van der Waals surface area contributed by atoms with Crippen LogP contribution in [0, 0.1) is 0 Å². The van der Waals surface area contributed by atoms with Gasteiger partial charge < -0.3 is 10.1 Å². The zero-order chi connectivity index (χ0) is 23.6. The number of nitrogens with zero attached hydrogens (tertiary/aromatic N) is 1. The minimum Gasteiger partial charge on any atom is -0.497 e. The van der Waals surface area contributed by atoms with Gasteiger partial charge in [-0.05, 0) is 66.2 Å². The number of thioether (sulfide) groups is 1. The van der Waals surface area contributed by atoms with E-state index in [2.05, 4.69) is 5.32 Å². The Bertz CT molecular complexity index is 1150. The van der Waals surface area contributed by atoms with Gasteiger partial charge in [0.25, 0.3) is 5.91 Å². The number of hydrogen-bond donors (Lipinski definition) is 1. The van der Waals surface area contributed by atoms with Gasteiger partial charge in [0.1, 0.15) is 11.1 Å². The number of carbonyl (C=O) groups is 2. The van der Waals surface area contributed by atoms with Crippen LogP contribution in [0.3, 0.4) is 0 Å². The maximum atomic E-state index is 12.9. The van der Waals surface area contributed by atoms with Crippen molar-refractivity contribution in [3.63, 3.8) is 0 Å². The molecule has 0 radical (unpaired) electrons. The first-order chi connectivity index (χ1) is 15.8. The van der Waals surface area contributed by atoms with Crippen LogP contribution in [0.1, 0.15) is 26.9 Å². The summed E-state index contributed by atoms with van der Waals surface area (Å²) in [6.07, 6.45) is -4.44. The maximum absolute atomic E-state index is 12.9. The third kappa shape index (κ3) is 4.98. The Hall–Kier alpha value is -3.46. The largest absolute Gasteiger partial charge is 0.497 e. The lowest BCUT2D eigenvalue weighted by atomic mass is 10.1. The third-order valence-electron chi connectivity index (χ3n) is 5.15. The Morgan fingerprint density at radius 1 is 1.00 bits per heavy atom. The van der Waals surface area contributed by atoms with E-state index in [0.29, 0.717) is 22.7 Å². The summed E-state index contributed by atoms with van der Waals surface area (Å²) < 4.78 is 43.7. The van der Waals surface area contributed by atoms with Crippen LogP contribution in [0.25, 0.3) is 0 Å². The predicted octanol–water partition coefficient (Wildman–Crippen LogP) is 5.74. The molecule has 1 saturated heterocycles. The maximum Gasteiger partial charge on any atom is 0.416 e. The second-order valence-corrected chi connectivity index (χ2v) is 8.34. The number of ether oxygens (including phenoxy) is 1. The minimum atomic E-state index is -4.44. The van der Waals surface area contributed by atoms with Crippen LogP contribution < -0.4 is 15.0 Å². The van der Waals surface area contributed by atoms with Gasteiger partial charge in [0.05, 0.1) is 18.4 Å². The second kappa shape index (κ2) is 9.19. The Kier molecular flexibility index (Phi) is 6.33. The molecule has 1 atom stereocenters. The van der Waals surface area contributed by atoms with Gasteiger partial charge in [-0.3, -0.25) is 14.5 Å². The van der Waals surface area contributed by atoms with Crippen molar-refractivity contribution >= 4 is 35.0 Å². The Morgan fingerprint density at radius 3 is 2.21 bits per heavy atom. The lowest BCUT2D eigenvalue weighted by Crippen LogP contribution is -2.27. The summed E-state index contributed by atoms with van der Waals surface area (Å²) in [4.78, 5) is 26.4. The molecule has 1 aliphatic heterocycles. The summed E-state index contributed by atoms with van der Waals surface area (Å²) in [5.74, 6) is 0.419. The van der Waals surface area contributed by atoms with E-state index >= 15 is 0 Å². The molecule has 0 saturated carbocycles. The van der Waals surface area contributed by atoms with Crippen LogP contribution >= 0.6 is 11.8 Å². The number of nitrogens with one attached hydrogen (secondary N) is 1. The van der Waals surface area contributed by atoms with Crippen molar-refractivity contribution < 1.29 is 27.5 Å². The average molecular weight is 472 g/mol. The van der Waals surface area contributed by atoms with Crippen LogP contribution in [0.15, 0.2) is 72.8 Å². The molecule has 9 heteroatoms. The molecule has 4 rings (SSSR count). The number of benzene rings is 3. The molecule has 0 aliphatic carbocycles. The van der Waals surface area contributed by atoms with Crippen LogP contribution in [-0.4, -0.2) is 24.7 Å². The number of carbonyl (C=O) groups excluding carboxylic acids is 2. The van der Waals surface area contributed by atoms with Crippen molar-refractivity contribution in [2.75, 3.05) is 23.1 Å². The van der Waals surface area contributed by atoms with E-state index in [9.17, 15) is 22.8 Å². The van der Waals surface area contributed by atoms with E-state index in [1.807, 2.05) is 0 Å². The van der Waals surface area contributed by atoms with Crippen molar-refractivity contribution in [2.45, 2.75) is 11.6 Å². The molecule has 33 heavy (non-hydrogen) atoms. The fraction of sp³-hybridized carbons (Fsp3) is 0.167. The van der Waals surface area contributed by atoms with Crippen molar-refractivity contribution in [2.24, 2.45) is 0 Å². The number of hydrogen-bond acceptors (Lipinski definition) is 4. The van der Waals surface area contributed by atoms with Crippen molar-refractivity contribution in [3.8, 4) is 5.75 Å². The van der Waals surface area contributed by atoms with Gasteiger partial charge >= 0.3 is 6.18 Å². The molecular weight excluding hydrogens is 453 g/mol. The topological polar surface area (TPSA) is 58.6 Å². The summed E-state index contributed by atoms with van der Waals surface area (Å²) in [6.45, 7) is 0. The fourth-order valence-electron chi connectivity index (χ4n) is 3.44. The van der Waals surface area contributed by atoms with Gasteiger partial charge in [0.15, 0.2) is 0 Å². The Labute approximate surface area is 192 Å². The quantitative estimate of drug-likeness (QED) is 0.514. The molecule has 3 aromatic rings. The molecule has 0 unspecified atom stereocenters. The normalized spacial score (nSPS) is 16.1. The van der Waals surface area contributed by atoms with E-state index < -0.39 is 11.7 Å². The first-order valence-electron chi connectivity index (χ1n) is 9.92. The molecule has 1 heterocycles. The Morgan fingerprint density at radius 2 is 1.64 bits per heavy atom. The van der Waals surface area contributed by atoms with Crippen molar-refractivity contribution in [1.82, 2.24) is 0 Å². The number of amides is 2. The molecule has 0 spiro atoms. The molecule has 1 aliphatic rings. The van der Waals surface area contributed by atoms with Crippen molar-refractivity contribution in [1.29, 1.82) is 0 Å². The summed E-state index contributed by atoms with van der Waals surface area (Å²) in [7, 11) is 1.55. The van der Waals surface area contributed by atoms with E-state index in [0.717, 1.165) is 17.7 Å². The summed E-state index contributed by atoms with van der Waals surface area (Å²) in [5, 5.41) is 2.44. The molecule has 5 nitrogen and oxygen atoms in total. The lowest BCUT2D eigenvalue weighted by Gasteiger charge is -2.25. The molecule has 3 aromatic carbocycles. The molecule has 170 valence electrons. The van der Waals surface area contributed by atoms with Gasteiger partial charge in [-0.15, -0.1) is 11.8 Å². The van der Waals surface area contributed by atoms with Gasteiger partial charge in [0.2, 0.25) is 5.91 Å². The van der Waals surface area contributed by atoms with Crippen LogP contribution in [0.5, 0.6) is 5.75 Å². The first kappa shape index (κ1) is 22.7. The molecule has 0 aromatic heterocycles. The van der Waals surface area contributed by atoms with Crippen LogP contribution in [-0.2, 0) is 11.0 Å². The minimum absolute atomic E-state index is 0.179. The highest BCUT2D eigenvalue weighted by atomic mass is 32.2. The van der Waals surface area contributed by atoms with Gasteiger partial charge in [-0.25, -0.2) is 0 Å². The van der Waals surface area contributed by atoms with Crippen LogP contribution in [0.4, 0.5) is 24.5 Å². The molecule has 2 amide bonds. The summed E-state index contributed by atoms with van der Waals surface area (Å²) in [5.41, 5.74) is 1.49. The number of anilines is 2. The SMILES string of the molecule is COc1ccc(C(=O)Nc2ccc([C@H]3SCC(=O)N3c3ccc(C(F)(F)F)cc3)cc2)cc1. The summed E-state index contributed by atoms with van der Waals surface area (Å²) in [6, 6.07) is 18.3. The van der Waals surface area contributed by atoms with Gasteiger partial charge in [-0.1, -0.05) is 12.1 Å². The monoisotopic (exact) mass is 472 g/mol. The van der Waals surface area contributed by atoms with Gasteiger partial charge in [0, 0.05) is 16.9 Å². The Balaban J connectivity index is 1.49. The van der Waals surface area contributed by atoms with Gasteiger partial charge in [-0.2, -0.15) is 13.2 Å². The van der Waals surface area contributed by atoms with E-state index in [1.54, 1.807) is 55.6 Å². The molecular formula is C24H19F3N2O3S. The van der Waals surface area contributed by atoms with Crippen molar-refractivity contribution in [3.05, 3.63) is 89.5 Å². The standard InChI is InChI=1S/C24H19F3N2O3S/c1-32-20-12-4-15(5-13-20)22(31)28-18-8-2-16(3-9-18)23-29(21(30)14-33-23)19-10-6-17(7-11-19)24(25,26)27/h2-13,23H,14H2,1H3,(H,28,31)/t23-/m1/s1. The second-order valence-electron chi connectivity index (χ2n) is 7.28. The molecule has 0 bridgehead atoms. The highest BCUT2D eigenvalue weighted by Crippen LogP contribution is 2.42. The third-order valence-corrected chi connectivity index (χ3v) is 6.36. The fourth-order valence-corrected chi connectivity index (χ4v) is 4.61.